The van der Waals surface area contributed by atoms with Gasteiger partial charge in [-0.25, -0.2) is 0 Å². The zero-order chi connectivity index (χ0) is 13.5. The van der Waals surface area contributed by atoms with Gasteiger partial charge in [0.2, 0.25) is 0 Å². The summed E-state index contributed by atoms with van der Waals surface area (Å²) in [4.78, 5) is 2.65. The van der Waals surface area contributed by atoms with E-state index in [0.717, 1.165) is 18.5 Å². The molecule has 18 heavy (non-hydrogen) atoms. The molecule has 0 aromatic carbocycles. The van der Waals surface area contributed by atoms with Crippen molar-refractivity contribution in [3.05, 3.63) is 0 Å². The molecule has 0 spiro atoms. The van der Waals surface area contributed by atoms with Crippen molar-refractivity contribution >= 4 is 0 Å². The molecule has 1 saturated carbocycles. The highest BCUT2D eigenvalue weighted by molar-refractivity contribution is 4.85. The fourth-order valence-corrected chi connectivity index (χ4v) is 3.37. The normalized spacial score (nSPS) is 28.3. The smallest absolute Gasteiger partial charge is 0.0220 e. The van der Waals surface area contributed by atoms with Gasteiger partial charge in [0.05, 0.1) is 0 Å². The highest BCUT2D eigenvalue weighted by Crippen LogP contribution is 2.28. The lowest BCUT2D eigenvalue weighted by molar-refractivity contribution is 0.103. The molecule has 0 aromatic heterocycles. The van der Waals surface area contributed by atoms with Crippen LogP contribution in [0.1, 0.15) is 66.2 Å². The van der Waals surface area contributed by atoms with Crippen LogP contribution in [0, 0.1) is 5.92 Å². The first-order valence-electron chi connectivity index (χ1n) is 8.05. The molecule has 4 atom stereocenters. The number of nitrogens with zero attached hydrogens (tertiary/aromatic N) is 1. The van der Waals surface area contributed by atoms with Gasteiger partial charge in [-0.1, -0.05) is 33.6 Å². The van der Waals surface area contributed by atoms with E-state index in [0.29, 0.717) is 12.1 Å². The average Bonchev–Trinajstić information content (AvgIpc) is 2.38. The Hall–Kier alpha value is -0.0800. The molecule has 1 rings (SSSR count). The first-order valence-corrected chi connectivity index (χ1v) is 8.05. The molecule has 0 heterocycles. The van der Waals surface area contributed by atoms with Crippen LogP contribution in [0.5, 0.6) is 0 Å². The lowest BCUT2D eigenvalue weighted by Gasteiger charge is -2.40. The second-order valence-electron chi connectivity index (χ2n) is 6.30. The molecule has 0 bridgehead atoms. The fourth-order valence-electron chi connectivity index (χ4n) is 3.37. The minimum Gasteiger partial charge on any atom is -0.312 e. The van der Waals surface area contributed by atoms with E-state index in [9.17, 15) is 0 Å². The van der Waals surface area contributed by atoms with Crippen LogP contribution in [0.4, 0.5) is 0 Å². The van der Waals surface area contributed by atoms with Crippen LogP contribution in [0.25, 0.3) is 0 Å². The third kappa shape index (κ3) is 4.55. The summed E-state index contributed by atoms with van der Waals surface area (Å²) in [6.07, 6.45) is 8.10. The second-order valence-corrected chi connectivity index (χ2v) is 6.30. The van der Waals surface area contributed by atoms with Gasteiger partial charge < -0.3 is 5.32 Å². The van der Waals surface area contributed by atoms with E-state index in [-0.39, 0.29) is 0 Å². The Balaban J connectivity index is 2.49. The SMILES string of the molecule is CCCNC(CC)C(C)N(C)C1CCCC(C)C1. The Morgan fingerprint density at radius 1 is 1.28 bits per heavy atom. The highest BCUT2D eigenvalue weighted by atomic mass is 15.2. The molecular weight excluding hydrogens is 220 g/mol. The van der Waals surface area contributed by atoms with Crippen LogP contribution in [-0.2, 0) is 0 Å². The largest absolute Gasteiger partial charge is 0.312 e. The number of nitrogens with one attached hydrogen (secondary N) is 1. The minimum absolute atomic E-state index is 0.646. The number of rotatable bonds is 7. The van der Waals surface area contributed by atoms with Gasteiger partial charge >= 0.3 is 0 Å². The van der Waals surface area contributed by atoms with E-state index in [1.165, 1.54) is 38.5 Å². The van der Waals surface area contributed by atoms with Crippen molar-refractivity contribution in [3.8, 4) is 0 Å². The van der Waals surface area contributed by atoms with Gasteiger partial charge in [0.1, 0.15) is 0 Å². The molecule has 1 aliphatic rings. The van der Waals surface area contributed by atoms with Gasteiger partial charge in [-0.2, -0.15) is 0 Å². The Bertz CT molecular complexity index is 217. The highest BCUT2D eigenvalue weighted by Gasteiger charge is 2.28. The number of likely N-dealkylation sites (N-methyl/N-ethyl adjacent to an activating group) is 1. The van der Waals surface area contributed by atoms with E-state index in [4.69, 9.17) is 0 Å². The quantitative estimate of drug-likeness (QED) is 0.746. The van der Waals surface area contributed by atoms with E-state index < -0.39 is 0 Å². The molecule has 0 aromatic rings. The first-order chi connectivity index (χ1) is 8.60. The maximum absolute atomic E-state index is 3.71. The zero-order valence-electron chi connectivity index (χ0n) is 13.2. The van der Waals surface area contributed by atoms with Gasteiger partial charge in [-0.3, -0.25) is 4.90 Å². The van der Waals surface area contributed by atoms with Crippen LogP contribution >= 0.6 is 0 Å². The number of hydrogen-bond donors (Lipinski definition) is 1. The van der Waals surface area contributed by atoms with Crippen molar-refractivity contribution < 1.29 is 0 Å². The molecule has 0 amide bonds. The third-order valence-electron chi connectivity index (χ3n) is 4.81. The summed E-state index contributed by atoms with van der Waals surface area (Å²) in [7, 11) is 2.34. The van der Waals surface area contributed by atoms with Gasteiger partial charge in [0.15, 0.2) is 0 Å². The molecule has 1 fully saturated rings. The van der Waals surface area contributed by atoms with Crippen molar-refractivity contribution in [2.75, 3.05) is 13.6 Å². The Kier molecular flexibility index (Phi) is 7.25. The van der Waals surface area contributed by atoms with Crippen molar-refractivity contribution in [1.29, 1.82) is 0 Å². The monoisotopic (exact) mass is 254 g/mol. The second kappa shape index (κ2) is 8.16. The van der Waals surface area contributed by atoms with Crippen molar-refractivity contribution in [3.63, 3.8) is 0 Å². The van der Waals surface area contributed by atoms with Crippen LogP contribution < -0.4 is 5.32 Å². The Morgan fingerprint density at radius 3 is 2.56 bits per heavy atom. The molecule has 2 nitrogen and oxygen atoms in total. The van der Waals surface area contributed by atoms with Gasteiger partial charge in [-0.15, -0.1) is 0 Å². The van der Waals surface area contributed by atoms with Gasteiger partial charge in [0, 0.05) is 18.1 Å². The molecular formula is C16H34N2. The maximum atomic E-state index is 3.71. The van der Waals surface area contributed by atoms with Crippen LogP contribution in [0.2, 0.25) is 0 Å². The summed E-state index contributed by atoms with van der Waals surface area (Å²) < 4.78 is 0. The molecule has 1 N–H and O–H groups in total. The summed E-state index contributed by atoms with van der Waals surface area (Å²) in [6, 6.07) is 2.10. The molecule has 2 heteroatoms. The van der Waals surface area contributed by atoms with Crippen molar-refractivity contribution in [2.45, 2.75) is 84.3 Å². The van der Waals surface area contributed by atoms with E-state index in [1.54, 1.807) is 0 Å². The summed E-state index contributed by atoms with van der Waals surface area (Å²) in [5.41, 5.74) is 0. The van der Waals surface area contributed by atoms with E-state index >= 15 is 0 Å². The Labute approximate surface area is 115 Å². The molecule has 0 saturated heterocycles. The van der Waals surface area contributed by atoms with Crippen molar-refractivity contribution in [2.24, 2.45) is 5.92 Å². The molecule has 0 radical (unpaired) electrons. The van der Waals surface area contributed by atoms with Crippen LogP contribution in [0.3, 0.4) is 0 Å². The topological polar surface area (TPSA) is 15.3 Å². The van der Waals surface area contributed by atoms with E-state index in [2.05, 4.69) is 45.0 Å². The Morgan fingerprint density at radius 2 is 2.00 bits per heavy atom. The zero-order valence-corrected chi connectivity index (χ0v) is 13.2. The average molecular weight is 254 g/mol. The lowest BCUT2D eigenvalue weighted by atomic mass is 9.85. The standard InChI is InChI=1S/C16H34N2/c1-6-11-17-16(7-2)14(4)18(5)15-10-8-9-13(3)12-15/h13-17H,6-12H2,1-5H3. The third-order valence-corrected chi connectivity index (χ3v) is 4.81. The van der Waals surface area contributed by atoms with Crippen LogP contribution in [-0.4, -0.2) is 36.6 Å². The maximum Gasteiger partial charge on any atom is 0.0220 e. The lowest BCUT2D eigenvalue weighted by Crippen LogP contribution is -2.51. The summed E-state index contributed by atoms with van der Waals surface area (Å²) >= 11 is 0. The summed E-state index contributed by atoms with van der Waals surface area (Å²) in [5, 5.41) is 3.71. The van der Waals surface area contributed by atoms with Crippen molar-refractivity contribution in [1.82, 2.24) is 10.2 Å². The van der Waals surface area contributed by atoms with Gasteiger partial charge in [0.25, 0.3) is 0 Å². The molecule has 4 unspecified atom stereocenters. The molecule has 1 aliphatic carbocycles. The predicted molar refractivity (Wildman–Crippen MR) is 81.0 cm³/mol. The van der Waals surface area contributed by atoms with Crippen LogP contribution in [0.15, 0.2) is 0 Å². The molecule has 0 aliphatic heterocycles. The fraction of sp³-hybridized carbons (Fsp3) is 1.00. The summed E-state index contributed by atoms with van der Waals surface area (Å²) in [6.45, 7) is 10.5. The van der Waals surface area contributed by atoms with E-state index in [1.807, 2.05) is 0 Å². The molecule has 108 valence electrons. The minimum atomic E-state index is 0.646. The summed E-state index contributed by atoms with van der Waals surface area (Å²) in [5.74, 6) is 0.919. The van der Waals surface area contributed by atoms with Gasteiger partial charge in [-0.05, 0) is 52.1 Å². The predicted octanol–water partition coefficient (Wildman–Crippen LogP) is 3.66. The first kappa shape index (κ1) is 16.0. The number of hydrogen-bond acceptors (Lipinski definition) is 2.